The van der Waals surface area contributed by atoms with Crippen LogP contribution >= 0.6 is 0 Å². The van der Waals surface area contributed by atoms with E-state index >= 15 is 0 Å². The highest BCUT2D eigenvalue weighted by Crippen LogP contribution is 2.33. The zero-order valence-corrected chi connectivity index (χ0v) is 16.8. The van der Waals surface area contributed by atoms with E-state index in [1.54, 1.807) is 25.3 Å². The first kappa shape index (κ1) is 19.4. The molecule has 1 aliphatic heterocycles. The molecule has 30 heavy (non-hydrogen) atoms. The summed E-state index contributed by atoms with van der Waals surface area (Å²) in [5.74, 6) is 0.104. The van der Waals surface area contributed by atoms with Crippen molar-refractivity contribution in [2.75, 3.05) is 12.0 Å². The molecule has 0 unspecified atom stereocenters. The van der Waals surface area contributed by atoms with E-state index in [4.69, 9.17) is 4.74 Å². The first-order chi connectivity index (χ1) is 14.6. The largest absolute Gasteiger partial charge is 0.496 e. The van der Waals surface area contributed by atoms with Crippen LogP contribution in [0.1, 0.15) is 27.0 Å². The van der Waals surface area contributed by atoms with Crippen LogP contribution in [0.3, 0.4) is 0 Å². The number of benzene rings is 3. The number of ether oxygens (including phenoxy) is 1. The quantitative estimate of drug-likeness (QED) is 0.446. The Balaban J connectivity index is 1.80. The second-order valence-electron chi connectivity index (χ2n) is 6.96. The zero-order valence-electron chi connectivity index (χ0n) is 16.8. The number of para-hydroxylation sites is 2. The van der Waals surface area contributed by atoms with Crippen LogP contribution in [-0.4, -0.2) is 18.9 Å². The molecule has 1 aliphatic rings. The minimum absolute atomic E-state index is 0.309. The standard InChI is InChI=1S/C26H21NO3/c1-18-10-3-7-16-23(18)27-25(28)21-14-6-5-13-20(21)22(26(27)29)15-9-12-19-11-4-8-17-24(19)30-2/h3-17H,1-2H3/b12-9+,22-15+. The summed E-state index contributed by atoms with van der Waals surface area (Å²) in [5.41, 5.74) is 3.99. The number of carbonyl (C=O) groups is 2. The molecule has 0 atom stereocenters. The van der Waals surface area contributed by atoms with Gasteiger partial charge in [-0.2, -0.15) is 0 Å². The molecule has 4 nitrogen and oxygen atoms in total. The maximum atomic E-state index is 13.4. The van der Waals surface area contributed by atoms with Gasteiger partial charge in [0.05, 0.1) is 12.8 Å². The SMILES string of the molecule is COc1ccccc1/C=C/C=C1/C(=O)N(c2ccccc2C)C(=O)c2ccccc21. The molecule has 4 heteroatoms. The fourth-order valence-electron chi connectivity index (χ4n) is 3.60. The van der Waals surface area contributed by atoms with Gasteiger partial charge < -0.3 is 4.74 Å². The molecule has 0 fully saturated rings. The summed E-state index contributed by atoms with van der Waals surface area (Å²) in [6.07, 6.45) is 5.45. The van der Waals surface area contributed by atoms with Gasteiger partial charge in [0.1, 0.15) is 5.75 Å². The Morgan fingerprint density at radius 1 is 0.800 bits per heavy atom. The van der Waals surface area contributed by atoms with E-state index in [1.165, 1.54) is 4.90 Å². The summed E-state index contributed by atoms with van der Waals surface area (Å²) >= 11 is 0. The Kier molecular flexibility index (Phi) is 5.31. The summed E-state index contributed by atoms with van der Waals surface area (Å²) in [5, 5.41) is 0. The molecule has 0 radical (unpaired) electrons. The molecule has 3 aromatic carbocycles. The Labute approximate surface area is 175 Å². The molecular weight excluding hydrogens is 374 g/mol. The van der Waals surface area contributed by atoms with Crippen molar-refractivity contribution in [3.63, 3.8) is 0 Å². The smallest absolute Gasteiger partial charge is 0.265 e. The summed E-state index contributed by atoms with van der Waals surface area (Å²) in [6, 6.07) is 22.3. The number of amides is 2. The van der Waals surface area contributed by atoms with Crippen LogP contribution in [0, 0.1) is 6.92 Å². The second kappa shape index (κ2) is 8.21. The fourth-order valence-corrected chi connectivity index (χ4v) is 3.60. The lowest BCUT2D eigenvalue weighted by Crippen LogP contribution is -2.42. The van der Waals surface area contributed by atoms with Gasteiger partial charge in [0.2, 0.25) is 0 Å². The number of allylic oxidation sites excluding steroid dienone is 2. The lowest BCUT2D eigenvalue weighted by atomic mass is 9.92. The molecule has 1 heterocycles. The lowest BCUT2D eigenvalue weighted by molar-refractivity contribution is -0.112. The van der Waals surface area contributed by atoms with Gasteiger partial charge in [-0.1, -0.05) is 66.7 Å². The minimum atomic E-state index is -0.335. The van der Waals surface area contributed by atoms with Crippen LogP contribution in [0.25, 0.3) is 11.6 Å². The van der Waals surface area contributed by atoms with Gasteiger partial charge in [-0.05, 0) is 42.3 Å². The zero-order chi connectivity index (χ0) is 21.1. The third-order valence-electron chi connectivity index (χ3n) is 5.12. The third kappa shape index (κ3) is 3.44. The Bertz CT molecular complexity index is 1190. The molecule has 0 bridgehead atoms. The average Bonchev–Trinajstić information content (AvgIpc) is 2.77. The van der Waals surface area contributed by atoms with Gasteiger partial charge in [0.15, 0.2) is 0 Å². The fraction of sp³-hybridized carbons (Fsp3) is 0.0769. The molecular formula is C26H21NO3. The van der Waals surface area contributed by atoms with Gasteiger partial charge in [-0.3, -0.25) is 9.59 Å². The van der Waals surface area contributed by atoms with Gasteiger partial charge in [0, 0.05) is 16.7 Å². The lowest BCUT2D eigenvalue weighted by Gasteiger charge is -2.29. The molecule has 0 spiro atoms. The number of fused-ring (bicyclic) bond motifs is 1. The summed E-state index contributed by atoms with van der Waals surface area (Å²) in [4.78, 5) is 27.8. The number of nitrogens with zero attached hydrogens (tertiary/aromatic N) is 1. The van der Waals surface area contributed by atoms with Crippen molar-refractivity contribution in [3.05, 3.63) is 107 Å². The molecule has 0 N–H and O–H groups in total. The summed E-state index contributed by atoms with van der Waals surface area (Å²) in [7, 11) is 1.62. The highest BCUT2D eigenvalue weighted by Gasteiger charge is 2.35. The third-order valence-corrected chi connectivity index (χ3v) is 5.12. The van der Waals surface area contributed by atoms with Gasteiger partial charge in [-0.25, -0.2) is 4.90 Å². The van der Waals surface area contributed by atoms with Crippen molar-refractivity contribution in [2.24, 2.45) is 0 Å². The molecule has 2 amide bonds. The Morgan fingerprint density at radius 3 is 2.23 bits per heavy atom. The number of carbonyl (C=O) groups excluding carboxylic acids is 2. The van der Waals surface area contributed by atoms with Crippen molar-refractivity contribution in [2.45, 2.75) is 6.92 Å². The first-order valence-electron chi connectivity index (χ1n) is 9.67. The van der Waals surface area contributed by atoms with Crippen LogP contribution in [0.4, 0.5) is 5.69 Å². The summed E-state index contributed by atoms with van der Waals surface area (Å²) in [6.45, 7) is 1.89. The number of hydrogen-bond acceptors (Lipinski definition) is 3. The molecule has 0 saturated carbocycles. The van der Waals surface area contributed by atoms with Crippen LogP contribution in [0.2, 0.25) is 0 Å². The first-order valence-corrected chi connectivity index (χ1v) is 9.67. The number of imide groups is 1. The summed E-state index contributed by atoms with van der Waals surface area (Å²) < 4.78 is 5.38. The van der Waals surface area contributed by atoms with Gasteiger partial charge in [0.25, 0.3) is 11.8 Å². The van der Waals surface area contributed by atoms with E-state index in [2.05, 4.69) is 0 Å². The van der Waals surface area contributed by atoms with Gasteiger partial charge in [-0.15, -0.1) is 0 Å². The normalized spacial score (nSPS) is 15.0. The molecule has 4 rings (SSSR count). The average molecular weight is 395 g/mol. The topological polar surface area (TPSA) is 46.6 Å². The number of rotatable bonds is 4. The van der Waals surface area contributed by atoms with E-state index < -0.39 is 0 Å². The minimum Gasteiger partial charge on any atom is -0.496 e. The predicted molar refractivity (Wildman–Crippen MR) is 119 cm³/mol. The maximum absolute atomic E-state index is 13.4. The Morgan fingerprint density at radius 2 is 1.47 bits per heavy atom. The van der Waals surface area contributed by atoms with Crippen LogP contribution < -0.4 is 9.64 Å². The van der Waals surface area contributed by atoms with Crippen molar-refractivity contribution >= 4 is 29.2 Å². The van der Waals surface area contributed by atoms with Crippen molar-refractivity contribution in [1.82, 2.24) is 0 Å². The van der Waals surface area contributed by atoms with Crippen LogP contribution in [0.5, 0.6) is 5.75 Å². The van der Waals surface area contributed by atoms with Crippen molar-refractivity contribution < 1.29 is 14.3 Å². The molecule has 0 aliphatic carbocycles. The van der Waals surface area contributed by atoms with Crippen LogP contribution in [-0.2, 0) is 4.79 Å². The van der Waals surface area contributed by atoms with E-state index in [0.717, 1.165) is 16.9 Å². The number of methoxy groups -OCH3 is 1. The highest BCUT2D eigenvalue weighted by molar-refractivity contribution is 6.41. The molecule has 3 aromatic rings. The van der Waals surface area contributed by atoms with Gasteiger partial charge >= 0.3 is 0 Å². The molecule has 0 aromatic heterocycles. The molecule has 0 saturated heterocycles. The monoisotopic (exact) mass is 395 g/mol. The molecule has 148 valence electrons. The number of anilines is 1. The Hall–Kier alpha value is -3.92. The maximum Gasteiger partial charge on any atom is 0.265 e. The number of hydrogen-bond donors (Lipinski definition) is 0. The van der Waals surface area contributed by atoms with Crippen LogP contribution in [0.15, 0.2) is 84.9 Å². The number of aryl methyl sites for hydroxylation is 1. The van der Waals surface area contributed by atoms with Crippen molar-refractivity contribution in [1.29, 1.82) is 0 Å². The van der Waals surface area contributed by atoms with E-state index in [-0.39, 0.29) is 11.8 Å². The van der Waals surface area contributed by atoms with E-state index in [0.29, 0.717) is 22.4 Å². The second-order valence-corrected chi connectivity index (χ2v) is 6.96. The highest BCUT2D eigenvalue weighted by atomic mass is 16.5. The van der Waals surface area contributed by atoms with E-state index in [9.17, 15) is 9.59 Å². The van der Waals surface area contributed by atoms with Crippen molar-refractivity contribution in [3.8, 4) is 5.75 Å². The predicted octanol–water partition coefficient (Wildman–Crippen LogP) is 5.29. The van der Waals surface area contributed by atoms with E-state index in [1.807, 2.05) is 79.7 Å².